The lowest BCUT2D eigenvalue weighted by atomic mass is 10.2. The van der Waals surface area contributed by atoms with Crippen molar-refractivity contribution in [3.05, 3.63) is 11.6 Å². The largest absolute Gasteiger partial charge is 0.282 e. The van der Waals surface area contributed by atoms with Gasteiger partial charge in [-0.25, -0.2) is 0 Å². The van der Waals surface area contributed by atoms with Crippen molar-refractivity contribution in [3.8, 4) is 0 Å². The molecule has 45 valence electrons. The Labute approximate surface area is 55.2 Å². The van der Waals surface area contributed by atoms with Gasteiger partial charge in [-0.1, -0.05) is 11.6 Å². The Morgan fingerprint density at radius 2 is 2.25 bits per heavy atom. The monoisotopic (exact) mass is 129 g/mol. The lowest BCUT2D eigenvalue weighted by molar-refractivity contribution is -0.110. The summed E-state index contributed by atoms with van der Waals surface area (Å²) in [4.78, 5) is 10.2. The highest BCUT2D eigenvalue weighted by Gasteiger charge is 1.93. The molecule has 0 spiro atoms. The third kappa shape index (κ3) is 3.81. The second-order valence-corrected chi connectivity index (χ2v) is 2.14. The zero-order chi connectivity index (χ0) is 6.57. The fourth-order valence-electron chi connectivity index (χ4n) is 0.330. The number of carbonyl (C=O) groups excluding carboxylic acids is 1. The zero-order valence-electron chi connectivity index (χ0n) is 5.10. The van der Waals surface area contributed by atoms with Gasteiger partial charge in [0.1, 0.15) is 0 Å². The standard InChI is InChI=1S/C6H9OS/c1-3-5(2)4-6(7)8/h3H,4H2,1-2H3. The lowest BCUT2D eigenvalue weighted by Crippen LogP contribution is -1.85. The van der Waals surface area contributed by atoms with E-state index in [2.05, 4.69) is 12.6 Å². The smallest absolute Gasteiger partial charge is 0.222 e. The molecule has 0 unspecified atom stereocenters. The molecule has 0 amide bonds. The fraction of sp³-hybridized carbons (Fsp3) is 0.500. The average Bonchev–Trinajstić information content (AvgIpc) is 1.65. The van der Waals surface area contributed by atoms with Crippen LogP contribution in [-0.4, -0.2) is 5.12 Å². The van der Waals surface area contributed by atoms with Crippen LogP contribution in [-0.2, 0) is 4.79 Å². The molecule has 0 saturated heterocycles. The van der Waals surface area contributed by atoms with Gasteiger partial charge in [-0.3, -0.25) is 4.79 Å². The minimum Gasteiger partial charge on any atom is -0.282 e. The number of carbonyl (C=O) groups is 1. The molecular weight excluding hydrogens is 120 g/mol. The summed E-state index contributed by atoms with van der Waals surface area (Å²) in [6.07, 6.45) is 2.32. The normalized spacial score (nSPS) is 11.5. The molecule has 1 nitrogen and oxygen atoms in total. The number of rotatable bonds is 2. The Balaban J connectivity index is 3.56. The molecule has 0 atom stereocenters. The van der Waals surface area contributed by atoms with Gasteiger partial charge in [-0.2, -0.15) is 0 Å². The van der Waals surface area contributed by atoms with Gasteiger partial charge in [-0.05, 0) is 26.5 Å². The third-order valence-electron chi connectivity index (χ3n) is 0.916. The van der Waals surface area contributed by atoms with Crippen LogP contribution in [0.2, 0.25) is 0 Å². The van der Waals surface area contributed by atoms with Crippen LogP contribution in [0.25, 0.3) is 0 Å². The van der Waals surface area contributed by atoms with Gasteiger partial charge < -0.3 is 0 Å². The highest BCUT2D eigenvalue weighted by Crippen LogP contribution is 2.00. The number of allylic oxidation sites excluding steroid dienone is 2. The zero-order valence-corrected chi connectivity index (χ0v) is 5.92. The lowest BCUT2D eigenvalue weighted by Gasteiger charge is -1.89. The van der Waals surface area contributed by atoms with E-state index in [1.807, 2.05) is 19.9 Å². The van der Waals surface area contributed by atoms with Crippen LogP contribution < -0.4 is 0 Å². The van der Waals surface area contributed by atoms with Gasteiger partial charge in [-0.15, -0.1) is 0 Å². The summed E-state index contributed by atoms with van der Waals surface area (Å²) in [5, 5.41) is -0.180. The molecule has 0 bridgehead atoms. The second kappa shape index (κ2) is 3.61. The van der Waals surface area contributed by atoms with E-state index in [9.17, 15) is 4.79 Å². The molecular formula is C6H9OS. The topological polar surface area (TPSA) is 17.1 Å². The molecule has 2 heteroatoms. The molecule has 0 aromatic rings. The maximum Gasteiger partial charge on any atom is 0.222 e. The van der Waals surface area contributed by atoms with Crippen molar-refractivity contribution in [2.24, 2.45) is 0 Å². The van der Waals surface area contributed by atoms with Crippen molar-refractivity contribution in [2.75, 3.05) is 0 Å². The molecule has 8 heavy (non-hydrogen) atoms. The molecule has 0 aromatic carbocycles. The number of hydrogen-bond donors (Lipinski definition) is 0. The molecule has 0 aliphatic carbocycles. The van der Waals surface area contributed by atoms with E-state index in [-0.39, 0.29) is 5.12 Å². The van der Waals surface area contributed by atoms with Crippen LogP contribution in [0, 0.1) is 0 Å². The summed E-state index contributed by atoms with van der Waals surface area (Å²) in [5.74, 6) is 0. The van der Waals surface area contributed by atoms with E-state index in [1.165, 1.54) is 0 Å². The van der Waals surface area contributed by atoms with Crippen LogP contribution in [0.1, 0.15) is 20.3 Å². The van der Waals surface area contributed by atoms with E-state index in [0.29, 0.717) is 6.42 Å². The Morgan fingerprint density at radius 3 is 2.38 bits per heavy atom. The van der Waals surface area contributed by atoms with Crippen LogP contribution in [0.3, 0.4) is 0 Å². The van der Waals surface area contributed by atoms with Gasteiger partial charge in [0.15, 0.2) is 0 Å². The first kappa shape index (κ1) is 7.63. The van der Waals surface area contributed by atoms with Crippen LogP contribution in [0.4, 0.5) is 0 Å². The quantitative estimate of drug-likeness (QED) is 0.521. The Morgan fingerprint density at radius 1 is 1.75 bits per heavy atom. The predicted molar refractivity (Wildman–Crippen MR) is 36.6 cm³/mol. The summed E-state index contributed by atoms with van der Waals surface area (Å²) < 4.78 is 0. The highest BCUT2D eigenvalue weighted by atomic mass is 32.1. The summed E-state index contributed by atoms with van der Waals surface area (Å²) in [5.41, 5.74) is 1.05. The van der Waals surface area contributed by atoms with E-state index in [0.717, 1.165) is 5.57 Å². The summed E-state index contributed by atoms with van der Waals surface area (Å²) >= 11 is 4.34. The van der Waals surface area contributed by atoms with Gasteiger partial charge in [0.2, 0.25) is 5.12 Å². The number of hydrogen-bond acceptors (Lipinski definition) is 1. The van der Waals surface area contributed by atoms with E-state index < -0.39 is 0 Å². The Hall–Kier alpha value is -0.370. The van der Waals surface area contributed by atoms with E-state index in [1.54, 1.807) is 0 Å². The van der Waals surface area contributed by atoms with Gasteiger partial charge in [0.05, 0.1) is 0 Å². The van der Waals surface area contributed by atoms with Crippen molar-refractivity contribution < 1.29 is 4.79 Å². The van der Waals surface area contributed by atoms with E-state index in [4.69, 9.17) is 0 Å². The highest BCUT2D eigenvalue weighted by molar-refractivity contribution is 7.96. The van der Waals surface area contributed by atoms with Gasteiger partial charge in [0, 0.05) is 6.42 Å². The molecule has 0 fully saturated rings. The SMILES string of the molecule is CC=C(C)CC(=O)[S]. The molecule has 0 heterocycles. The second-order valence-electron chi connectivity index (χ2n) is 1.68. The van der Waals surface area contributed by atoms with Gasteiger partial charge in [0.25, 0.3) is 0 Å². The Bertz CT molecular complexity index is 116. The van der Waals surface area contributed by atoms with Crippen molar-refractivity contribution in [1.29, 1.82) is 0 Å². The minimum atomic E-state index is -0.180. The maximum absolute atomic E-state index is 10.2. The summed E-state index contributed by atoms with van der Waals surface area (Å²) in [6.45, 7) is 3.79. The average molecular weight is 129 g/mol. The van der Waals surface area contributed by atoms with Crippen LogP contribution in [0.5, 0.6) is 0 Å². The molecule has 0 aliphatic rings. The Kier molecular flexibility index (Phi) is 3.44. The fourth-order valence-corrected chi connectivity index (χ4v) is 0.557. The minimum absolute atomic E-state index is 0.180. The van der Waals surface area contributed by atoms with Crippen molar-refractivity contribution in [1.82, 2.24) is 0 Å². The molecule has 0 N–H and O–H groups in total. The molecule has 0 rings (SSSR count). The summed E-state index contributed by atoms with van der Waals surface area (Å²) in [6, 6.07) is 0. The van der Waals surface area contributed by atoms with Crippen LogP contribution >= 0.6 is 12.6 Å². The first-order chi connectivity index (χ1) is 3.66. The first-order valence-electron chi connectivity index (χ1n) is 2.48. The third-order valence-corrected chi connectivity index (χ3v) is 1.06. The van der Waals surface area contributed by atoms with Crippen molar-refractivity contribution in [3.63, 3.8) is 0 Å². The maximum atomic E-state index is 10.2. The first-order valence-corrected chi connectivity index (χ1v) is 2.89. The molecule has 0 aliphatic heterocycles. The molecule has 0 aromatic heterocycles. The van der Waals surface area contributed by atoms with Crippen molar-refractivity contribution in [2.45, 2.75) is 20.3 Å². The molecule has 0 saturated carbocycles. The molecule has 1 radical (unpaired) electrons. The predicted octanol–water partition coefficient (Wildman–Crippen LogP) is 2.07. The van der Waals surface area contributed by atoms with E-state index >= 15 is 0 Å². The summed E-state index contributed by atoms with van der Waals surface area (Å²) in [7, 11) is 0. The van der Waals surface area contributed by atoms with Gasteiger partial charge >= 0.3 is 0 Å². The van der Waals surface area contributed by atoms with Crippen LogP contribution in [0.15, 0.2) is 11.6 Å². The van der Waals surface area contributed by atoms with Crippen molar-refractivity contribution >= 4 is 17.7 Å².